The van der Waals surface area contributed by atoms with Gasteiger partial charge in [-0.3, -0.25) is 0 Å². The molecule has 65 valence electrons. The van der Waals surface area contributed by atoms with Gasteiger partial charge in [-0.05, 0) is 27.4 Å². The van der Waals surface area contributed by atoms with E-state index in [0.29, 0.717) is 18.9 Å². The second-order valence-electron chi connectivity index (χ2n) is 3.27. The van der Waals surface area contributed by atoms with E-state index in [1.165, 1.54) is 0 Å². The van der Waals surface area contributed by atoms with E-state index < -0.39 is 0 Å². The molecule has 1 saturated heterocycles. The van der Waals surface area contributed by atoms with Gasteiger partial charge < -0.3 is 9.64 Å². The van der Waals surface area contributed by atoms with Crippen LogP contribution in [0.4, 0.5) is 0 Å². The predicted molar refractivity (Wildman–Crippen MR) is 44.5 cm³/mol. The average molecular weight is 157 g/mol. The molecule has 0 aliphatic carbocycles. The van der Waals surface area contributed by atoms with Gasteiger partial charge in [0, 0.05) is 12.6 Å². The zero-order chi connectivity index (χ0) is 8.27. The van der Waals surface area contributed by atoms with Crippen LogP contribution in [0.25, 0.3) is 0 Å². The Morgan fingerprint density at radius 3 is 2.73 bits per heavy atom. The summed E-state index contributed by atoms with van der Waals surface area (Å²) in [5.41, 5.74) is 0. The molecule has 0 amide bonds. The number of likely N-dealkylation sites (N-methyl/N-ethyl adjacent to an activating group) is 1. The lowest BCUT2D eigenvalue weighted by atomic mass is 10.1. The second kappa shape index (κ2) is 4.04. The summed E-state index contributed by atoms with van der Waals surface area (Å²) >= 11 is 0. The molecule has 0 saturated carbocycles. The number of ether oxygens (including phenoxy) is 1. The molecule has 0 aromatic carbocycles. The van der Waals surface area contributed by atoms with Crippen LogP contribution in [0.15, 0.2) is 0 Å². The molecule has 1 aliphatic rings. The first-order valence-corrected chi connectivity index (χ1v) is 4.13. The highest BCUT2D eigenvalue weighted by molar-refractivity contribution is 4.75. The van der Waals surface area contributed by atoms with Crippen molar-refractivity contribution in [1.29, 1.82) is 0 Å². The van der Waals surface area contributed by atoms with Crippen LogP contribution in [0, 0.1) is 0 Å². The third-order valence-electron chi connectivity index (χ3n) is 2.30. The maximum absolute atomic E-state index is 5.49. The van der Waals surface area contributed by atoms with E-state index >= 15 is 0 Å². The molecule has 1 rings (SSSR count). The lowest BCUT2D eigenvalue weighted by Gasteiger charge is -2.31. The van der Waals surface area contributed by atoms with Gasteiger partial charge in [0.05, 0.1) is 6.10 Å². The Kier molecular flexibility index (Phi) is 3.30. The standard InChI is InChI=1S/C8H17N2O/c1-7(10(2)3)8-4-5-9-6-11-8/h7-8H,4-6H2,1-3H3. The number of hydrogen-bond acceptors (Lipinski definition) is 2. The summed E-state index contributed by atoms with van der Waals surface area (Å²) in [5.74, 6) is 0. The van der Waals surface area contributed by atoms with E-state index in [0.717, 1.165) is 13.0 Å². The lowest BCUT2D eigenvalue weighted by molar-refractivity contribution is -0.0339. The Morgan fingerprint density at radius 2 is 2.27 bits per heavy atom. The molecule has 0 aromatic rings. The van der Waals surface area contributed by atoms with Crippen LogP contribution in [-0.2, 0) is 4.74 Å². The number of nitrogens with zero attached hydrogens (tertiary/aromatic N) is 2. The first kappa shape index (κ1) is 8.97. The van der Waals surface area contributed by atoms with Gasteiger partial charge in [0.15, 0.2) is 0 Å². The molecule has 2 unspecified atom stereocenters. The van der Waals surface area contributed by atoms with Crippen LogP contribution < -0.4 is 5.32 Å². The Morgan fingerprint density at radius 1 is 1.55 bits per heavy atom. The van der Waals surface area contributed by atoms with Crippen LogP contribution in [0.5, 0.6) is 0 Å². The summed E-state index contributed by atoms with van der Waals surface area (Å²) < 4.78 is 5.49. The largest absolute Gasteiger partial charge is 0.360 e. The van der Waals surface area contributed by atoms with E-state index in [4.69, 9.17) is 4.74 Å². The molecular formula is C8H17N2O. The van der Waals surface area contributed by atoms with Crippen molar-refractivity contribution in [2.24, 2.45) is 0 Å². The van der Waals surface area contributed by atoms with Crippen molar-refractivity contribution in [2.75, 3.05) is 27.4 Å². The third kappa shape index (κ3) is 2.43. The molecule has 2 atom stereocenters. The van der Waals surface area contributed by atoms with E-state index in [9.17, 15) is 0 Å². The Hall–Kier alpha value is -0.120. The van der Waals surface area contributed by atoms with Crippen LogP contribution in [0.3, 0.4) is 0 Å². The summed E-state index contributed by atoms with van der Waals surface area (Å²) in [6.07, 6.45) is 1.45. The maximum Gasteiger partial charge on any atom is 0.112 e. The molecule has 0 aromatic heterocycles. The zero-order valence-corrected chi connectivity index (χ0v) is 7.58. The van der Waals surface area contributed by atoms with E-state index in [-0.39, 0.29) is 0 Å². The lowest BCUT2D eigenvalue weighted by Crippen LogP contribution is -2.43. The molecule has 0 spiro atoms. The van der Waals surface area contributed by atoms with Crippen molar-refractivity contribution >= 4 is 0 Å². The molecule has 11 heavy (non-hydrogen) atoms. The fraction of sp³-hybridized carbons (Fsp3) is 1.00. The molecule has 1 fully saturated rings. The maximum atomic E-state index is 5.49. The van der Waals surface area contributed by atoms with Crippen molar-refractivity contribution in [2.45, 2.75) is 25.5 Å². The minimum Gasteiger partial charge on any atom is -0.360 e. The minimum absolute atomic E-state index is 0.377. The molecule has 1 radical (unpaired) electrons. The molecule has 3 heteroatoms. The molecule has 0 N–H and O–H groups in total. The van der Waals surface area contributed by atoms with Gasteiger partial charge in [-0.2, -0.15) is 0 Å². The van der Waals surface area contributed by atoms with E-state index in [2.05, 4.69) is 31.2 Å². The molecule has 1 aliphatic heterocycles. The normalized spacial score (nSPS) is 28.9. The smallest absolute Gasteiger partial charge is 0.112 e. The van der Waals surface area contributed by atoms with E-state index in [1.807, 2.05) is 0 Å². The fourth-order valence-corrected chi connectivity index (χ4v) is 1.23. The third-order valence-corrected chi connectivity index (χ3v) is 2.30. The van der Waals surface area contributed by atoms with Crippen molar-refractivity contribution in [3.63, 3.8) is 0 Å². The highest BCUT2D eigenvalue weighted by atomic mass is 16.5. The highest BCUT2D eigenvalue weighted by Gasteiger charge is 2.21. The van der Waals surface area contributed by atoms with Crippen molar-refractivity contribution in [3.8, 4) is 0 Å². The minimum atomic E-state index is 0.377. The fourth-order valence-electron chi connectivity index (χ4n) is 1.23. The summed E-state index contributed by atoms with van der Waals surface area (Å²) in [7, 11) is 4.17. The summed E-state index contributed by atoms with van der Waals surface area (Å²) in [4.78, 5) is 2.19. The quantitative estimate of drug-likeness (QED) is 0.576. The van der Waals surface area contributed by atoms with Gasteiger partial charge in [0.1, 0.15) is 6.73 Å². The predicted octanol–water partition coefficient (Wildman–Crippen LogP) is 0.287. The topological polar surface area (TPSA) is 26.6 Å². The van der Waals surface area contributed by atoms with Gasteiger partial charge in [0.25, 0.3) is 0 Å². The zero-order valence-electron chi connectivity index (χ0n) is 7.58. The average Bonchev–Trinajstić information content (AvgIpc) is 2.05. The molecule has 0 bridgehead atoms. The summed E-state index contributed by atoms with van der Waals surface area (Å²) in [5, 5.41) is 4.13. The first-order valence-electron chi connectivity index (χ1n) is 4.13. The van der Waals surface area contributed by atoms with Crippen LogP contribution in [0.1, 0.15) is 13.3 Å². The van der Waals surface area contributed by atoms with Gasteiger partial charge in [0.2, 0.25) is 0 Å². The van der Waals surface area contributed by atoms with Crippen LogP contribution in [-0.4, -0.2) is 44.4 Å². The second-order valence-corrected chi connectivity index (χ2v) is 3.27. The highest BCUT2D eigenvalue weighted by Crippen LogP contribution is 2.10. The Balaban J connectivity index is 2.32. The summed E-state index contributed by atoms with van der Waals surface area (Å²) in [6, 6.07) is 0.505. The van der Waals surface area contributed by atoms with Crippen molar-refractivity contribution in [1.82, 2.24) is 10.2 Å². The number of hydrogen-bond donors (Lipinski definition) is 0. The molecule has 3 nitrogen and oxygen atoms in total. The number of rotatable bonds is 2. The van der Waals surface area contributed by atoms with Gasteiger partial charge >= 0.3 is 0 Å². The first-order chi connectivity index (χ1) is 5.22. The molecular weight excluding hydrogens is 140 g/mol. The van der Waals surface area contributed by atoms with Crippen LogP contribution in [0.2, 0.25) is 0 Å². The Bertz CT molecular complexity index is 111. The van der Waals surface area contributed by atoms with Crippen molar-refractivity contribution in [3.05, 3.63) is 0 Å². The van der Waals surface area contributed by atoms with E-state index in [1.54, 1.807) is 0 Å². The SMILES string of the molecule is CC(C1CC[N]CO1)N(C)C. The van der Waals surface area contributed by atoms with Crippen LogP contribution >= 0.6 is 0 Å². The van der Waals surface area contributed by atoms with Gasteiger partial charge in [-0.25, -0.2) is 5.32 Å². The van der Waals surface area contributed by atoms with Gasteiger partial charge in [-0.15, -0.1) is 0 Å². The Labute approximate surface area is 68.7 Å². The molecule has 1 heterocycles. The summed E-state index contributed by atoms with van der Waals surface area (Å²) in [6.45, 7) is 3.74. The monoisotopic (exact) mass is 157 g/mol. The van der Waals surface area contributed by atoms with Gasteiger partial charge in [-0.1, -0.05) is 0 Å². The van der Waals surface area contributed by atoms with Crippen molar-refractivity contribution < 1.29 is 4.74 Å².